The van der Waals surface area contributed by atoms with Crippen LogP contribution in [0.1, 0.15) is 0 Å². The predicted octanol–water partition coefficient (Wildman–Crippen LogP) is 3.47. The van der Waals surface area contributed by atoms with Gasteiger partial charge in [-0.25, -0.2) is 0 Å². The fourth-order valence-corrected chi connectivity index (χ4v) is 2.29. The first-order valence-corrected chi connectivity index (χ1v) is 7.21. The highest BCUT2D eigenvalue weighted by Crippen LogP contribution is 2.35. The standard InChI is InChI=1S/C15H13ClN2O5/c16-10-1-3-12(13(7-10)18(19)20)17-5-6-21-11-2-4-14-15(8-11)23-9-22-14/h1-4,7-8,17H,5-6,9H2. The van der Waals surface area contributed by atoms with E-state index < -0.39 is 4.92 Å². The zero-order chi connectivity index (χ0) is 16.2. The van der Waals surface area contributed by atoms with Crippen molar-refractivity contribution >= 4 is 23.0 Å². The van der Waals surface area contributed by atoms with E-state index in [1.807, 2.05) is 0 Å². The first-order chi connectivity index (χ1) is 11.1. The lowest BCUT2D eigenvalue weighted by Gasteiger charge is -2.09. The lowest BCUT2D eigenvalue weighted by atomic mass is 10.2. The van der Waals surface area contributed by atoms with Crippen LogP contribution in [0.4, 0.5) is 11.4 Å². The molecule has 0 atom stereocenters. The quantitative estimate of drug-likeness (QED) is 0.494. The molecule has 0 saturated carbocycles. The van der Waals surface area contributed by atoms with Crippen molar-refractivity contribution in [3.63, 3.8) is 0 Å². The Morgan fingerprint density at radius 2 is 2.04 bits per heavy atom. The molecule has 1 N–H and O–H groups in total. The maximum absolute atomic E-state index is 11.0. The Bertz CT molecular complexity index is 738. The van der Waals surface area contributed by atoms with Gasteiger partial charge in [0.2, 0.25) is 6.79 Å². The summed E-state index contributed by atoms with van der Waals surface area (Å²) in [5.74, 6) is 1.97. The molecule has 1 aliphatic heterocycles. The molecule has 2 aromatic carbocycles. The Morgan fingerprint density at radius 1 is 1.22 bits per heavy atom. The summed E-state index contributed by atoms with van der Waals surface area (Å²) in [4.78, 5) is 10.5. The number of halogens is 1. The number of nitro benzene ring substituents is 1. The third kappa shape index (κ3) is 3.57. The fraction of sp³-hybridized carbons (Fsp3) is 0.200. The minimum atomic E-state index is -0.479. The van der Waals surface area contributed by atoms with Crippen molar-refractivity contribution < 1.29 is 19.1 Å². The number of ether oxygens (including phenoxy) is 3. The first-order valence-electron chi connectivity index (χ1n) is 6.84. The maximum Gasteiger partial charge on any atom is 0.293 e. The van der Waals surface area contributed by atoms with E-state index in [-0.39, 0.29) is 12.5 Å². The van der Waals surface area contributed by atoms with E-state index in [0.29, 0.717) is 41.1 Å². The van der Waals surface area contributed by atoms with Gasteiger partial charge in [-0.3, -0.25) is 10.1 Å². The van der Waals surface area contributed by atoms with Gasteiger partial charge in [-0.2, -0.15) is 0 Å². The molecule has 0 aromatic heterocycles. The second-order valence-electron chi connectivity index (χ2n) is 4.71. The second kappa shape index (κ2) is 6.62. The van der Waals surface area contributed by atoms with E-state index in [0.717, 1.165) is 0 Å². The third-order valence-electron chi connectivity index (χ3n) is 3.19. The number of rotatable bonds is 6. The predicted molar refractivity (Wildman–Crippen MR) is 84.7 cm³/mol. The minimum Gasteiger partial charge on any atom is -0.492 e. The lowest BCUT2D eigenvalue weighted by Crippen LogP contribution is -2.12. The molecule has 120 valence electrons. The molecule has 7 nitrogen and oxygen atoms in total. The molecule has 0 saturated heterocycles. The molecule has 0 unspecified atom stereocenters. The summed E-state index contributed by atoms with van der Waals surface area (Å²) >= 11 is 5.77. The zero-order valence-electron chi connectivity index (χ0n) is 12.0. The molecule has 1 aliphatic rings. The van der Waals surface area contributed by atoms with Crippen molar-refractivity contribution in [1.82, 2.24) is 0 Å². The molecule has 2 aromatic rings. The topological polar surface area (TPSA) is 82.9 Å². The maximum atomic E-state index is 11.0. The minimum absolute atomic E-state index is 0.0689. The molecule has 1 heterocycles. The number of nitro groups is 1. The van der Waals surface area contributed by atoms with Crippen LogP contribution in [0, 0.1) is 10.1 Å². The number of nitrogens with zero attached hydrogens (tertiary/aromatic N) is 1. The van der Waals surface area contributed by atoms with Crippen molar-refractivity contribution in [2.45, 2.75) is 0 Å². The molecule has 0 aliphatic carbocycles. The highest BCUT2D eigenvalue weighted by molar-refractivity contribution is 6.30. The van der Waals surface area contributed by atoms with Crippen LogP contribution in [0.15, 0.2) is 36.4 Å². The Kier molecular flexibility index (Phi) is 4.38. The van der Waals surface area contributed by atoms with Crippen LogP contribution in [0.25, 0.3) is 0 Å². The van der Waals surface area contributed by atoms with Crippen LogP contribution >= 0.6 is 11.6 Å². The Morgan fingerprint density at radius 3 is 2.87 bits per heavy atom. The molecule has 0 spiro atoms. The third-order valence-corrected chi connectivity index (χ3v) is 3.42. The Balaban J connectivity index is 1.55. The summed E-state index contributed by atoms with van der Waals surface area (Å²) in [5.41, 5.74) is 0.328. The summed E-state index contributed by atoms with van der Waals surface area (Å²) in [7, 11) is 0. The van der Waals surface area contributed by atoms with Gasteiger partial charge in [-0.15, -0.1) is 0 Å². The summed E-state index contributed by atoms with van der Waals surface area (Å²) in [6, 6.07) is 9.76. The van der Waals surface area contributed by atoms with Gasteiger partial charge in [0.05, 0.1) is 4.92 Å². The normalized spacial score (nSPS) is 12.0. The van der Waals surface area contributed by atoms with E-state index in [9.17, 15) is 10.1 Å². The molecule has 3 rings (SSSR count). The van der Waals surface area contributed by atoms with E-state index >= 15 is 0 Å². The van der Waals surface area contributed by atoms with E-state index in [4.69, 9.17) is 25.8 Å². The number of nitrogens with one attached hydrogen (secondary N) is 1. The number of benzene rings is 2. The van der Waals surface area contributed by atoms with E-state index in [1.54, 1.807) is 30.3 Å². The van der Waals surface area contributed by atoms with Crippen LogP contribution in [-0.4, -0.2) is 24.9 Å². The van der Waals surface area contributed by atoms with E-state index in [1.165, 1.54) is 6.07 Å². The average molecular weight is 337 g/mol. The number of hydrogen-bond donors (Lipinski definition) is 1. The second-order valence-corrected chi connectivity index (χ2v) is 5.15. The van der Waals surface area contributed by atoms with Gasteiger partial charge in [0.1, 0.15) is 18.0 Å². The molecule has 23 heavy (non-hydrogen) atoms. The molecule has 0 fully saturated rings. The monoisotopic (exact) mass is 336 g/mol. The van der Waals surface area contributed by atoms with Crippen LogP contribution < -0.4 is 19.5 Å². The average Bonchev–Trinajstić information content (AvgIpc) is 3.00. The number of fused-ring (bicyclic) bond motifs is 1. The van der Waals surface area contributed by atoms with Crippen molar-refractivity contribution in [2.75, 3.05) is 25.3 Å². The zero-order valence-corrected chi connectivity index (χ0v) is 12.7. The van der Waals surface area contributed by atoms with Gasteiger partial charge in [-0.1, -0.05) is 11.6 Å². The lowest BCUT2D eigenvalue weighted by molar-refractivity contribution is -0.383. The van der Waals surface area contributed by atoms with Gasteiger partial charge < -0.3 is 19.5 Å². The molecule has 8 heteroatoms. The SMILES string of the molecule is O=[N+]([O-])c1cc(Cl)ccc1NCCOc1ccc2c(c1)OCO2. The summed E-state index contributed by atoms with van der Waals surface area (Å²) in [6.07, 6.45) is 0. The molecular formula is C15H13ClN2O5. The van der Waals surface area contributed by atoms with Crippen molar-refractivity contribution in [3.8, 4) is 17.2 Å². The van der Waals surface area contributed by atoms with Crippen LogP contribution in [-0.2, 0) is 0 Å². The van der Waals surface area contributed by atoms with Gasteiger partial charge >= 0.3 is 0 Å². The van der Waals surface area contributed by atoms with Crippen molar-refractivity contribution in [3.05, 3.63) is 51.5 Å². The van der Waals surface area contributed by atoms with Crippen LogP contribution in [0.3, 0.4) is 0 Å². The van der Waals surface area contributed by atoms with Crippen molar-refractivity contribution in [1.29, 1.82) is 0 Å². The largest absolute Gasteiger partial charge is 0.492 e. The first kappa shape index (κ1) is 15.2. The number of anilines is 1. The van der Waals surface area contributed by atoms with Crippen LogP contribution in [0.2, 0.25) is 5.02 Å². The highest BCUT2D eigenvalue weighted by Gasteiger charge is 2.15. The fourth-order valence-electron chi connectivity index (χ4n) is 2.13. The Hall–Kier alpha value is -2.67. The van der Waals surface area contributed by atoms with Gasteiger partial charge in [0.25, 0.3) is 5.69 Å². The molecular weight excluding hydrogens is 324 g/mol. The smallest absolute Gasteiger partial charge is 0.293 e. The molecule has 0 amide bonds. The van der Waals surface area contributed by atoms with Gasteiger partial charge in [0, 0.05) is 23.7 Å². The van der Waals surface area contributed by atoms with Crippen molar-refractivity contribution in [2.24, 2.45) is 0 Å². The van der Waals surface area contributed by atoms with Gasteiger partial charge in [-0.05, 0) is 24.3 Å². The molecule has 0 bridgehead atoms. The summed E-state index contributed by atoms with van der Waals surface area (Å²) in [5, 5.41) is 14.3. The van der Waals surface area contributed by atoms with Gasteiger partial charge in [0.15, 0.2) is 11.5 Å². The number of hydrogen-bond acceptors (Lipinski definition) is 6. The highest BCUT2D eigenvalue weighted by atomic mass is 35.5. The van der Waals surface area contributed by atoms with E-state index in [2.05, 4.69) is 5.32 Å². The summed E-state index contributed by atoms with van der Waals surface area (Å²) < 4.78 is 16.1. The van der Waals surface area contributed by atoms with Crippen LogP contribution in [0.5, 0.6) is 17.2 Å². The molecule has 0 radical (unpaired) electrons. The Labute approximate surface area is 136 Å². The summed E-state index contributed by atoms with van der Waals surface area (Å²) in [6.45, 7) is 0.941.